The zero-order valence-corrected chi connectivity index (χ0v) is 10.5. The van der Waals surface area contributed by atoms with Crippen LogP contribution in [0.15, 0.2) is 0 Å². The molecule has 96 valence electrons. The maximum absolute atomic E-state index is 11.2. The molecule has 0 aromatic carbocycles. The SMILES string of the molecule is CC(C)CCN(C)C(=O)OCOP(=O)(O)O. The lowest BCUT2D eigenvalue weighted by Gasteiger charge is -2.17. The van der Waals surface area contributed by atoms with Crippen LogP contribution in [0.4, 0.5) is 4.79 Å². The van der Waals surface area contributed by atoms with Crippen molar-refractivity contribution in [2.75, 3.05) is 20.4 Å². The summed E-state index contributed by atoms with van der Waals surface area (Å²) in [5.41, 5.74) is 0. The van der Waals surface area contributed by atoms with Crippen molar-refractivity contribution in [2.45, 2.75) is 20.3 Å². The van der Waals surface area contributed by atoms with Crippen LogP contribution in [0, 0.1) is 5.92 Å². The first-order valence-electron chi connectivity index (χ1n) is 4.80. The molecule has 2 N–H and O–H groups in total. The quantitative estimate of drug-likeness (QED) is 0.546. The van der Waals surface area contributed by atoms with Gasteiger partial charge in [-0.2, -0.15) is 0 Å². The Kier molecular flexibility index (Phi) is 6.59. The minimum Gasteiger partial charge on any atom is -0.422 e. The van der Waals surface area contributed by atoms with E-state index in [9.17, 15) is 9.36 Å². The van der Waals surface area contributed by atoms with Crippen molar-refractivity contribution in [2.24, 2.45) is 5.92 Å². The molecule has 0 heterocycles. The number of nitrogens with zero attached hydrogens (tertiary/aromatic N) is 1. The Balaban J connectivity index is 3.76. The summed E-state index contributed by atoms with van der Waals surface area (Å²) >= 11 is 0. The van der Waals surface area contributed by atoms with Crippen LogP contribution in [-0.4, -0.2) is 41.2 Å². The number of amides is 1. The molecule has 7 nitrogen and oxygen atoms in total. The second-order valence-corrected chi connectivity index (χ2v) is 4.99. The normalized spacial score (nSPS) is 11.6. The Morgan fingerprint density at radius 3 is 2.44 bits per heavy atom. The molecule has 0 spiro atoms. The lowest BCUT2D eigenvalue weighted by atomic mass is 10.1. The van der Waals surface area contributed by atoms with Gasteiger partial charge in [0.25, 0.3) is 0 Å². The summed E-state index contributed by atoms with van der Waals surface area (Å²) in [5, 5.41) is 0. The van der Waals surface area contributed by atoms with Crippen molar-refractivity contribution in [1.29, 1.82) is 0 Å². The molecule has 0 unspecified atom stereocenters. The number of phosphoric ester groups is 1. The van der Waals surface area contributed by atoms with Crippen LogP contribution in [0.1, 0.15) is 20.3 Å². The largest absolute Gasteiger partial charge is 0.472 e. The van der Waals surface area contributed by atoms with E-state index in [1.807, 2.05) is 13.8 Å². The molecular weight excluding hydrogens is 237 g/mol. The van der Waals surface area contributed by atoms with E-state index in [-0.39, 0.29) is 0 Å². The number of hydrogen-bond acceptors (Lipinski definition) is 4. The topological polar surface area (TPSA) is 96.3 Å². The molecule has 8 heteroatoms. The minimum absolute atomic E-state index is 0.460. The molecule has 0 saturated heterocycles. The Hall–Kier alpha value is -0.620. The van der Waals surface area contributed by atoms with E-state index in [2.05, 4.69) is 9.26 Å². The van der Waals surface area contributed by atoms with E-state index < -0.39 is 20.7 Å². The van der Waals surface area contributed by atoms with Gasteiger partial charge in [-0.1, -0.05) is 13.8 Å². The fraction of sp³-hybridized carbons (Fsp3) is 0.875. The van der Waals surface area contributed by atoms with E-state index >= 15 is 0 Å². The van der Waals surface area contributed by atoms with Gasteiger partial charge < -0.3 is 19.4 Å². The van der Waals surface area contributed by atoms with E-state index in [1.54, 1.807) is 7.05 Å². The highest BCUT2D eigenvalue weighted by molar-refractivity contribution is 7.46. The lowest BCUT2D eigenvalue weighted by Crippen LogP contribution is -2.29. The van der Waals surface area contributed by atoms with Gasteiger partial charge >= 0.3 is 13.9 Å². The van der Waals surface area contributed by atoms with Crippen LogP contribution in [0.2, 0.25) is 0 Å². The fourth-order valence-corrected chi connectivity index (χ4v) is 0.989. The second kappa shape index (κ2) is 6.85. The van der Waals surface area contributed by atoms with Gasteiger partial charge in [0.15, 0.2) is 0 Å². The molecule has 0 aliphatic heterocycles. The smallest absolute Gasteiger partial charge is 0.422 e. The Bertz CT molecular complexity index is 263. The highest BCUT2D eigenvalue weighted by Crippen LogP contribution is 2.35. The zero-order chi connectivity index (χ0) is 12.8. The van der Waals surface area contributed by atoms with Crippen molar-refractivity contribution >= 4 is 13.9 Å². The third kappa shape index (κ3) is 8.67. The number of ether oxygens (including phenoxy) is 1. The van der Waals surface area contributed by atoms with E-state index in [1.165, 1.54) is 4.90 Å². The molecule has 0 aromatic heterocycles. The summed E-state index contributed by atoms with van der Waals surface area (Å²) in [6.45, 7) is 3.81. The summed E-state index contributed by atoms with van der Waals surface area (Å²) in [4.78, 5) is 29.2. The molecule has 0 atom stereocenters. The summed E-state index contributed by atoms with van der Waals surface area (Å²) in [6.07, 6.45) is 0.152. The Morgan fingerprint density at radius 1 is 1.44 bits per heavy atom. The van der Waals surface area contributed by atoms with Crippen molar-refractivity contribution in [3.05, 3.63) is 0 Å². The van der Waals surface area contributed by atoms with Crippen LogP contribution in [0.5, 0.6) is 0 Å². The van der Waals surface area contributed by atoms with Crippen molar-refractivity contribution in [1.82, 2.24) is 4.90 Å². The monoisotopic (exact) mass is 255 g/mol. The fourth-order valence-electron chi connectivity index (χ4n) is 0.799. The lowest BCUT2D eigenvalue weighted by molar-refractivity contribution is 0.0234. The molecule has 0 fully saturated rings. The Labute approximate surface area is 94.6 Å². The molecule has 16 heavy (non-hydrogen) atoms. The van der Waals surface area contributed by atoms with Crippen LogP contribution < -0.4 is 0 Å². The number of phosphoric acid groups is 1. The van der Waals surface area contributed by atoms with E-state index in [0.717, 1.165) is 6.42 Å². The number of carbonyl (C=O) groups is 1. The van der Waals surface area contributed by atoms with E-state index in [4.69, 9.17) is 9.79 Å². The van der Waals surface area contributed by atoms with Crippen molar-refractivity contribution < 1.29 is 28.4 Å². The number of hydrogen-bond donors (Lipinski definition) is 2. The van der Waals surface area contributed by atoms with Gasteiger partial charge in [0, 0.05) is 13.6 Å². The molecular formula is C8H18NO6P. The molecule has 0 bridgehead atoms. The van der Waals surface area contributed by atoms with Crippen LogP contribution in [0.3, 0.4) is 0 Å². The number of carbonyl (C=O) groups excluding carboxylic acids is 1. The van der Waals surface area contributed by atoms with Gasteiger partial charge in [-0.15, -0.1) is 0 Å². The Morgan fingerprint density at radius 2 is 2.00 bits per heavy atom. The average Bonchev–Trinajstić information content (AvgIpc) is 2.11. The second-order valence-electron chi connectivity index (χ2n) is 3.75. The minimum atomic E-state index is -4.58. The highest BCUT2D eigenvalue weighted by atomic mass is 31.2. The summed E-state index contributed by atoms with van der Waals surface area (Å²) in [5.74, 6) is 0.460. The molecule has 0 radical (unpaired) electrons. The van der Waals surface area contributed by atoms with Crippen molar-refractivity contribution in [3.8, 4) is 0 Å². The van der Waals surface area contributed by atoms with Gasteiger partial charge in [0.2, 0.25) is 6.79 Å². The van der Waals surface area contributed by atoms with E-state index in [0.29, 0.717) is 12.5 Å². The first kappa shape index (κ1) is 15.4. The van der Waals surface area contributed by atoms with Gasteiger partial charge in [0.05, 0.1) is 0 Å². The van der Waals surface area contributed by atoms with Crippen LogP contribution in [-0.2, 0) is 13.8 Å². The van der Waals surface area contributed by atoms with Gasteiger partial charge in [-0.25, -0.2) is 13.9 Å². The molecule has 0 saturated carbocycles. The maximum atomic E-state index is 11.2. The van der Waals surface area contributed by atoms with Crippen LogP contribution >= 0.6 is 7.82 Å². The maximum Gasteiger partial charge on any atom is 0.472 e. The third-order valence-electron chi connectivity index (χ3n) is 1.76. The summed E-state index contributed by atoms with van der Waals surface area (Å²) < 4.78 is 18.7. The average molecular weight is 255 g/mol. The van der Waals surface area contributed by atoms with Gasteiger partial charge in [-0.3, -0.25) is 0 Å². The molecule has 0 aliphatic rings. The number of rotatable bonds is 6. The third-order valence-corrected chi connectivity index (χ3v) is 2.20. The van der Waals surface area contributed by atoms with Gasteiger partial charge in [0.1, 0.15) is 0 Å². The van der Waals surface area contributed by atoms with Crippen molar-refractivity contribution in [3.63, 3.8) is 0 Å². The molecule has 1 amide bonds. The zero-order valence-electron chi connectivity index (χ0n) is 9.62. The first-order valence-corrected chi connectivity index (χ1v) is 6.33. The highest BCUT2D eigenvalue weighted by Gasteiger charge is 2.16. The van der Waals surface area contributed by atoms with Gasteiger partial charge in [-0.05, 0) is 12.3 Å². The summed E-state index contributed by atoms with van der Waals surface area (Å²) in [6, 6.07) is 0. The predicted octanol–water partition coefficient (Wildman–Crippen LogP) is 1.17. The van der Waals surface area contributed by atoms with Crippen LogP contribution in [0.25, 0.3) is 0 Å². The predicted molar refractivity (Wildman–Crippen MR) is 56.6 cm³/mol. The standard InChI is InChI=1S/C8H18NO6P/c1-7(2)4-5-9(3)8(10)14-6-15-16(11,12)13/h7H,4-6H2,1-3H3,(H2,11,12,13). The first-order chi connectivity index (χ1) is 7.22. The summed E-state index contributed by atoms with van der Waals surface area (Å²) in [7, 11) is -3.04. The molecule has 0 aliphatic carbocycles. The molecule has 0 rings (SSSR count). The molecule has 0 aromatic rings.